The third-order valence-electron chi connectivity index (χ3n) is 2.43. The second-order valence-corrected chi connectivity index (χ2v) is 5.84. The molecule has 1 unspecified atom stereocenters. The fourth-order valence-electron chi connectivity index (χ4n) is 1.46. The summed E-state index contributed by atoms with van der Waals surface area (Å²) in [4.78, 5) is 16.2. The van der Waals surface area contributed by atoms with E-state index in [-0.39, 0.29) is 36.8 Å². The summed E-state index contributed by atoms with van der Waals surface area (Å²) < 4.78 is 0. The van der Waals surface area contributed by atoms with Crippen LogP contribution in [0.4, 0.5) is 0 Å². The van der Waals surface area contributed by atoms with Crippen molar-refractivity contribution in [2.45, 2.75) is 52.1 Å². The first kappa shape index (κ1) is 20.9. The standard InChI is InChI=1S/C12H21N3OS.2ClH/c1-8(13)5-6-10(16)15-12(3,4)11-14-9(2)7-17-11;;/h7-8H,5-6,13H2,1-4H3,(H,15,16);2*1H. The maximum absolute atomic E-state index is 11.8. The molecule has 0 aromatic carbocycles. The van der Waals surface area contributed by atoms with Crippen molar-refractivity contribution in [3.05, 3.63) is 16.1 Å². The van der Waals surface area contributed by atoms with E-state index in [4.69, 9.17) is 5.73 Å². The van der Waals surface area contributed by atoms with E-state index in [1.54, 1.807) is 11.3 Å². The fraction of sp³-hybridized carbons (Fsp3) is 0.667. The number of carbonyl (C=O) groups excluding carboxylic acids is 1. The molecule has 1 atom stereocenters. The molecule has 0 saturated carbocycles. The van der Waals surface area contributed by atoms with Gasteiger partial charge in [-0.25, -0.2) is 4.98 Å². The molecule has 1 amide bonds. The lowest BCUT2D eigenvalue weighted by molar-refractivity contribution is -0.122. The number of amides is 1. The van der Waals surface area contributed by atoms with Crippen LogP contribution in [0.15, 0.2) is 5.38 Å². The van der Waals surface area contributed by atoms with Crippen molar-refractivity contribution in [2.75, 3.05) is 0 Å². The predicted molar refractivity (Wildman–Crippen MR) is 85.4 cm³/mol. The zero-order valence-corrected chi connectivity index (χ0v) is 14.2. The van der Waals surface area contributed by atoms with Gasteiger partial charge in [0, 0.05) is 23.5 Å². The third-order valence-corrected chi connectivity index (χ3v) is 3.72. The Labute approximate surface area is 131 Å². The van der Waals surface area contributed by atoms with Gasteiger partial charge in [-0.1, -0.05) is 0 Å². The maximum atomic E-state index is 11.8. The van der Waals surface area contributed by atoms with Crippen LogP contribution in [0.3, 0.4) is 0 Å². The normalized spacial score (nSPS) is 12.1. The average molecular weight is 328 g/mol. The summed E-state index contributed by atoms with van der Waals surface area (Å²) in [5.74, 6) is 0.0279. The first-order chi connectivity index (χ1) is 7.81. The lowest BCUT2D eigenvalue weighted by Crippen LogP contribution is -2.41. The minimum atomic E-state index is -0.409. The summed E-state index contributed by atoms with van der Waals surface area (Å²) >= 11 is 1.57. The van der Waals surface area contributed by atoms with E-state index in [0.29, 0.717) is 12.8 Å². The van der Waals surface area contributed by atoms with Crippen LogP contribution in [0, 0.1) is 6.92 Å². The number of nitrogens with one attached hydrogen (secondary N) is 1. The minimum Gasteiger partial charge on any atom is -0.345 e. The molecule has 0 aliphatic rings. The monoisotopic (exact) mass is 327 g/mol. The number of hydrogen-bond donors (Lipinski definition) is 2. The van der Waals surface area contributed by atoms with Gasteiger partial charge in [-0.05, 0) is 34.1 Å². The molecule has 1 aromatic heterocycles. The van der Waals surface area contributed by atoms with Gasteiger partial charge in [0.2, 0.25) is 5.91 Å². The van der Waals surface area contributed by atoms with Crippen LogP contribution < -0.4 is 11.1 Å². The molecule has 1 rings (SSSR count). The largest absolute Gasteiger partial charge is 0.345 e. The Morgan fingerprint density at radius 2 is 2.11 bits per heavy atom. The Balaban J connectivity index is 0. The van der Waals surface area contributed by atoms with Crippen LogP contribution in [-0.4, -0.2) is 16.9 Å². The van der Waals surface area contributed by atoms with E-state index in [2.05, 4.69) is 10.3 Å². The van der Waals surface area contributed by atoms with Crippen molar-refractivity contribution in [1.29, 1.82) is 0 Å². The second kappa shape index (κ2) is 8.74. The molecule has 0 aliphatic heterocycles. The second-order valence-electron chi connectivity index (χ2n) is 4.98. The molecule has 4 nitrogen and oxygen atoms in total. The molecule has 0 aliphatic carbocycles. The summed E-state index contributed by atoms with van der Waals surface area (Å²) in [6, 6.07) is 0.0611. The number of aryl methyl sites for hydroxylation is 1. The van der Waals surface area contributed by atoms with Gasteiger partial charge >= 0.3 is 0 Å². The minimum absolute atomic E-state index is 0. The van der Waals surface area contributed by atoms with Gasteiger partial charge in [-0.2, -0.15) is 0 Å². The first-order valence-electron chi connectivity index (χ1n) is 5.80. The van der Waals surface area contributed by atoms with Crippen molar-refractivity contribution >= 4 is 42.1 Å². The van der Waals surface area contributed by atoms with E-state index in [0.717, 1.165) is 10.7 Å². The van der Waals surface area contributed by atoms with Crippen molar-refractivity contribution in [3.8, 4) is 0 Å². The van der Waals surface area contributed by atoms with E-state index in [9.17, 15) is 4.79 Å². The van der Waals surface area contributed by atoms with Gasteiger partial charge in [0.25, 0.3) is 0 Å². The van der Waals surface area contributed by atoms with Crippen molar-refractivity contribution < 1.29 is 4.79 Å². The van der Waals surface area contributed by atoms with Crippen molar-refractivity contribution in [3.63, 3.8) is 0 Å². The molecule has 0 bridgehead atoms. The predicted octanol–water partition coefficient (Wildman–Crippen LogP) is 2.77. The van der Waals surface area contributed by atoms with Crippen LogP contribution in [-0.2, 0) is 10.3 Å². The fourth-order valence-corrected chi connectivity index (χ4v) is 2.34. The van der Waals surface area contributed by atoms with Crippen LogP contribution >= 0.6 is 36.2 Å². The molecule has 0 saturated heterocycles. The Bertz CT molecular complexity index is 394. The highest BCUT2D eigenvalue weighted by Crippen LogP contribution is 2.23. The number of nitrogens with zero attached hydrogens (tertiary/aromatic N) is 1. The molecule has 7 heteroatoms. The lowest BCUT2D eigenvalue weighted by atomic mass is 10.1. The highest BCUT2D eigenvalue weighted by Gasteiger charge is 2.25. The number of rotatable bonds is 5. The molecular formula is C12H23Cl2N3OS. The Morgan fingerprint density at radius 3 is 2.53 bits per heavy atom. The van der Waals surface area contributed by atoms with E-state index < -0.39 is 5.54 Å². The number of halogens is 2. The zero-order valence-electron chi connectivity index (χ0n) is 11.7. The van der Waals surface area contributed by atoms with E-state index in [1.165, 1.54) is 0 Å². The van der Waals surface area contributed by atoms with Crippen molar-refractivity contribution in [1.82, 2.24) is 10.3 Å². The number of hydrogen-bond acceptors (Lipinski definition) is 4. The zero-order chi connectivity index (χ0) is 13.1. The number of carbonyl (C=O) groups is 1. The molecule has 19 heavy (non-hydrogen) atoms. The van der Waals surface area contributed by atoms with Gasteiger partial charge in [0.1, 0.15) is 5.01 Å². The number of thiazole rings is 1. The van der Waals surface area contributed by atoms with Crippen LogP contribution in [0.5, 0.6) is 0 Å². The van der Waals surface area contributed by atoms with Gasteiger partial charge in [0.15, 0.2) is 0 Å². The highest BCUT2D eigenvalue weighted by atomic mass is 35.5. The Morgan fingerprint density at radius 1 is 1.53 bits per heavy atom. The Kier molecular flexibility index (Phi) is 9.64. The molecule has 112 valence electrons. The first-order valence-corrected chi connectivity index (χ1v) is 6.68. The quantitative estimate of drug-likeness (QED) is 0.873. The number of nitrogens with two attached hydrogens (primary N) is 1. The topological polar surface area (TPSA) is 68.0 Å². The highest BCUT2D eigenvalue weighted by molar-refractivity contribution is 7.09. The van der Waals surface area contributed by atoms with Gasteiger partial charge in [-0.3, -0.25) is 4.79 Å². The van der Waals surface area contributed by atoms with E-state index >= 15 is 0 Å². The average Bonchev–Trinajstić information content (AvgIpc) is 2.62. The van der Waals surface area contributed by atoms with Crippen LogP contribution in [0.25, 0.3) is 0 Å². The molecule has 3 N–H and O–H groups in total. The van der Waals surface area contributed by atoms with Gasteiger partial charge in [-0.15, -0.1) is 36.2 Å². The molecule has 0 fully saturated rings. The van der Waals surface area contributed by atoms with Crippen LogP contribution in [0.1, 0.15) is 44.3 Å². The third kappa shape index (κ3) is 7.11. The lowest BCUT2D eigenvalue weighted by Gasteiger charge is -2.24. The maximum Gasteiger partial charge on any atom is 0.220 e. The molecule has 0 radical (unpaired) electrons. The molecule has 1 aromatic rings. The van der Waals surface area contributed by atoms with Crippen molar-refractivity contribution in [2.24, 2.45) is 5.73 Å². The summed E-state index contributed by atoms with van der Waals surface area (Å²) in [6.07, 6.45) is 1.17. The van der Waals surface area contributed by atoms with E-state index in [1.807, 2.05) is 33.1 Å². The molecule has 0 spiro atoms. The summed E-state index contributed by atoms with van der Waals surface area (Å²) in [6.45, 7) is 7.79. The molecular weight excluding hydrogens is 305 g/mol. The number of aromatic nitrogens is 1. The van der Waals surface area contributed by atoms with Crippen LogP contribution in [0.2, 0.25) is 0 Å². The smallest absolute Gasteiger partial charge is 0.220 e. The van der Waals surface area contributed by atoms with Gasteiger partial charge < -0.3 is 11.1 Å². The van der Waals surface area contributed by atoms with Gasteiger partial charge in [0.05, 0.1) is 5.54 Å². The summed E-state index contributed by atoms with van der Waals surface area (Å²) in [5, 5.41) is 5.92. The molecule has 1 heterocycles. The summed E-state index contributed by atoms with van der Waals surface area (Å²) in [5.41, 5.74) is 6.21. The SMILES string of the molecule is Cc1csc(C(C)(C)NC(=O)CCC(C)N)n1.Cl.Cl. The summed E-state index contributed by atoms with van der Waals surface area (Å²) in [7, 11) is 0. The Hall–Kier alpha value is -0.360.